The van der Waals surface area contributed by atoms with Crippen LogP contribution >= 0.6 is 0 Å². The predicted molar refractivity (Wildman–Crippen MR) is 165 cm³/mol. The van der Waals surface area contributed by atoms with Crippen LogP contribution in [0.25, 0.3) is 0 Å². The molecule has 0 radical (unpaired) electrons. The van der Waals surface area contributed by atoms with Crippen LogP contribution in [0.1, 0.15) is 44.7 Å². The van der Waals surface area contributed by atoms with Crippen LogP contribution in [0, 0.1) is 0 Å². The second kappa shape index (κ2) is 15.5. The molecule has 5 rings (SSSR count). The number of hydrogen-bond donors (Lipinski definition) is 3. The van der Waals surface area contributed by atoms with Crippen molar-refractivity contribution >= 4 is 11.8 Å². The van der Waals surface area contributed by atoms with Crippen LogP contribution in [0.15, 0.2) is 97.1 Å². The molecule has 9 heteroatoms. The summed E-state index contributed by atoms with van der Waals surface area (Å²) >= 11 is 0. The first-order valence-corrected chi connectivity index (χ1v) is 14.7. The molecule has 228 valence electrons. The monoisotopic (exact) mass is 596 g/mol. The number of carbonyl (C=O) groups is 2. The van der Waals surface area contributed by atoms with Crippen molar-refractivity contribution in [2.75, 3.05) is 26.3 Å². The fraction of sp³-hybridized carbons (Fsp3) is 0.257. The fourth-order valence-corrected chi connectivity index (χ4v) is 4.66. The maximum absolute atomic E-state index is 13.0. The van der Waals surface area contributed by atoms with Crippen molar-refractivity contribution in [1.82, 2.24) is 10.6 Å². The van der Waals surface area contributed by atoms with E-state index in [1.165, 1.54) is 0 Å². The number of nitrogens with one attached hydrogen (secondary N) is 2. The Labute approximate surface area is 256 Å². The molecule has 0 atom stereocenters. The molecule has 1 aliphatic rings. The standard InChI is InChI=1S/C35H36N2O7/c38-27-23-43-30-15-5-1-11-25(30)21-41-32-17-7-3-13-28(32)34(39)36-19-9-10-20-37-35(40)29-14-4-8-18-33(29)42-22-26-12-2-6-16-31(26)44-24-27/h1-8,11-18,27,38H,9-10,19-24H2,(H,36,39)(H,37,40). The highest BCUT2D eigenvalue weighted by molar-refractivity contribution is 5.97. The zero-order valence-electron chi connectivity index (χ0n) is 24.4. The third-order valence-electron chi connectivity index (χ3n) is 7.01. The summed E-state index contributed by atoms with van der Waals surface area (Å²) in [5.41, 5.74) is 2.39. The maximum atomic E-state index is 13.0. The molecule has 2 amide bonds. The summed E-state index contributed by atoms with van der Waals surface area (Å²) in [4.78, 5) is 25.9. The van der Waals surface area contributed by atoms with Gasteiger partial charge in [-0.3, -0.25) is 9.59 Å². The minimum atomic E-state index is -0.915. The SMILES string of the molecule is O=C1NCCCCNC(=O)c2ccccc2OCc2ccccc2OCC(O)COc2ccccc2COc2ccccc21. The van der Waals surface area contributed by atoms with Gasteiger partial charge in [-0.15, -0.1) is 0 Å². The van der Waals surface area contributed by atoms with Crippen molar-refractivity contribution in [1.29, 1.82) is 0 Å². The number of hydrogen-bond acceptors (Lipinski definition) is 7. The molecule has 9 nitrogen and oxygen atoms in total. The van der Waals surface area contributed by atoms with E-state index in [0.717, 1.165) is 11.1 Å². The Morgan fingerprint density at radius 3 is 1.36 bits per heavy atom. The molecular formula is C35H36N2O7. The van der Waals surface area contributed by atoms with Gasteiger partial charge in [0.05, 0.1) is 11.1 Å². The molecule has 3 N–H and O–H groups in total. The number of amides is 2. The summed E-state index contributed by atoms with van der Waals surface area (Å²) in [6.45, 7) is 1.23. The molecule has 0 bridgehead atoms. The summed E-state index contributed by atoms with van der Waals surface area (Å²) in [7, 11) is 0. The molecule has 0 saturated carbocycles. The van der Waals surface area contributed by atoms with E-state index < -0.39 is 6.10 Å². The average Bonchev–Trinajstić information content (AvgIpc) is 3.06. The molecule has 0 aromatic heterocycles. The second-order valence-electron chi connectivity index (χ2n) is 10.3. The largest absolute Gasteiger partial charge is 0.490 e. The molecule has 4 aromatic carbocycles. The first kappa shape index (κ1) is 30.4. The van der Waals surface area contributed by atoms with E-state index in [2.05, 4.69) is 10.6 Å². The molecule has 0 fully saturated rings. The minimum Gasteiger partial charge on any atom is -0.490 e. The third kappa shape index (κ3) is 8.29. The van der Waals surface area contributed by atoms with Gasteiger partial charge in [0.15, 0.2) is 0 Å². The number of ether oxygens (including phenoxy) is 4. The van der Waals surface area contributed by atoms with Crippen LogP contribution in [0.2, 0.25) is 0 Å². The molecule has 0 spiro atoms. The summed E-state index contributed by atoms with van der Waals surface area (Å²) in [5.74, 6) is 1.55. The van der Waals surface area contributed by atoms with Gasteiger partial charge in [-0.2, -0.15) is 0 Å². The van der Waals surface area contributed by atoms with Gasteiger partial charge in [-0.25, -0.2) is 0 Å². The highest BCUT2D eigenvalue weighted by atomic mass is 16.5. The van der Waals surface area contributed by atoms with E-state index in [9.17, 15) is 14.7 Å². The first-order chi connectivity index (χ1) is 21.6. The Morgan fingerprint density at radius 2 is 0.909 bits per heavy atom. The van der Waals surface area contributed by atoms with E-state index in [4.69, 9.17) is 18.9 Å². The number of para-hydroxylation sites is 4. The second-order valence-corrected chi connectivity index (χ2v) is 10.3. The normalized spacial score (nSPS) is 15.8. The van der Waals surface area contributed by atoms with Gasteiger partial charge < -0.3 is 34.7 Å². The van der Waals surface area contributed by atoms with Gasteiger partial charge in [-0.1, -0.05) is 60.7 Å². The van der Waals surface area contributed by atoms with Crippen molar-refractivity contribution in [3.05, 3.63) is 119 Å². The van der Waals surface area contributed by atoms with Crippen molar-refractivity contribution in [2.45, 2.75) is 32.2 Å². The molecule has 0 aliphatic carbocycles. The molecule has 1 aliphatic heterocycles. The highest BCUT2D eigenvalue weighted by Gasteiger charge is 2.16. The number of aliphatic hydroxyl groups is 1. The van der Waals surface area contributed by atoms with Crippen LogP contribution in [0.4, 0.5) is 0 Å². The smallest absolute Gasteiger partial charge is 0.255 e. The fourth-order valence-electron chi connectivity index (χ4n) is 4.66. The van der Waals surface area contributed by atoms with Gasteiger partial charge in [0.2, 0.25) is 0 Å². The van der Waals surface area contributed by atoms with Crippen LogP contribution in [0.3, 0.4) is 0 Å². The van der Waals surface area contributed by atoms with Gasteiger partial charge >= 0.3 is 0 Å². The summed E-state index contributed by atoms with van der Waals surface area (Å²) < 4.78 is 24.0. The minimum absolute atomic E-state index is 0.00282. The van der Waals surface area contributed by atoms with E-state index >= 15 is 0 Å². The van der Waals surface area contributed by atoms with Crippen molar-refractivity contribution in [3.8, 4) is 23.0 Å². The lowest BCUT2D eigenvalue weighted by Gasteiger charge is -2.18. The predicted octanol–water partition coefficient (Wildman–Crippen LogP) is 4.92. The van der Waals surface area contributed by atoms with Crippen molar-refractivity contribution < 1.29 is 33.6 Å². The lowest BCUT2D eigenvalue weighted by Crippen LogP contribution is -2.27. The van der Waals surface area contributed by atoms with Crippen LogP contribution in [-0.4, -0.2) is 49.3 Å². The molecular weight excluding hydrogens is 560 g/mol. The molecule has 1 heterocycles. The van der Waals surface area contributed by atoms with Crippen molar-refractivity contribution in [3.63, 3.8) is 0 Å². The van der Waals surface area contributed by atoms with Crippen LogP contribution in [0.5, 0.6) is 23.0 Å². The van der Waals surface area contributed by atoms with Gasteiger partial charge in [0, 0.05) is 24.2 Å². The number of fused-ring (bicyclic) bond motifs is 4. The van der Waals surface area contributed by atoms with E-state index in [1.807, 2.05) is 60.7 Å². The topological polar surface area (TPSA) is 115 Å². The zero-order valence-corrected chi connectivity index (χ0v) is 24.4. The quantitative estimate of drug-likeness (QED) is 0.264. The molecule has 0 unspecified atom stereocenters. The van der Waals surface area contributed by atoms with E-state index in [0.29, 0.717) is 60.1 Å². The van der Waals surface area contributed by atoms with Crippen LogP contribution in [-0.2, 0) is 13.2 Å². The summed E-state index contributed by atoms with van der Waals surface area (Å²) in [6, 6.07) is 28.9. The summed E-state index contributed by atoms with van der Waals surface area (Å²) in [6.07, 6.45) is 0.447. The lowest BCUT2D eigenvalue weighted by molar-refractivity contribution is 0.0612. The average molecular weight is 597 g/mol. The Balaban J connectivity index is 1.33. The van der Waals surface area contributed by atoms with E-state index in [1.54, 1.807) is 36.4 Å². The molecule has 0 saturated heterocycles. The van der Waals surface area contributed by atoms with Gasteiger partial charge in [0.25, 0.3) is 11.8 Å². The number of aliphatic hydroxyl groups excluding tert-OH is 1. The van der Waals surface area contributed by atoms with Crippen molar-refractivity contribution in [2.24, 2.45) is 0 Å². The number of benzene rings is 4. The molecule has 44 heavy (non-hydrogen) atoms. The number of carbonyl (C=O) groups excluding carboxylic acids is 2. The lowest BCUT2D eigenvalue weighted by atomic mass is 10.1. The zero-order chi connectivity index (χ0) is 30.6. The Hall–Kier alpha value is -5.02. The number of rotatable bonds is 0. The summed E-state index contributed by atoms with van der Waals surface area (Å²) in [5, 5.41) is 16.5. The van der Waals surface area contributed by atoms with Crippen LogP contribution < -0.4 is 29.6 Å². The van der Waals surface area contributed by atoms with Gasteiger partial charge in [-0.05, 0) is 49.2 Å². The Bertz CT molecular complexity index is 1440. The molecule has 4 aromatic rings. The highest BCUT2D eigenvalue weighted by Crippen LogP contribution is 2.25. The maximum Gasteiger partial charge on any atom is 0.255 e. The van der Waals surface area contributed by atoms with E-state index in [-0.39, 0.29) is 38.2 Å². The Morgan fingerprint density at radius 1 is 0.523 bits per heavy atom. The first-order valence-electron chi connectivity index (χ1n) is 14.7. The van der Waals surface area contributed by atoms with Gasteiger partial charge in [0.1, 0.15) is 55.5 Å². The Kier molecular flexibility index (Phi) is 10.7. The third-order valence-corrected chi connectivity index (χ3v) is 7.01.